The van der Waals surface area contributed by atoms with Gasteiger partial charge in [0, 0.05) is 87.7 Å². The maximum absolute atomic E-state index is 13.3. The van der Waals surface area contributed by atoms with Gasteiger partial charge in [-0.05, 0) is 77.9 Å². The third-order valence-corrected chi connectivity index (χ3v) is 13.4. The van der Waals surface area contributed by atoms with Crippen LogP contribution < -0.4 is 40.5 Å². The van der Waals surface area contributed by atoms with E-state index in [1.54, 1.807) is 114 Å². The van der Waals surface area contributed by atoms with Crippen molar-refractivity contribution < 1.29 is 38.2 Å². The highest BCUT2D eigenvalue weighted by Gasteiger charge is 2.58. The van der Waals surface area contributed by atoms with Crippen LogP contribution in [-0.4, -0.2) is 118 Å². The lowest BCUT2D eigenvalue weighted by Crippen LogP contribution is -2.73. The van der Waals surface area contributed by atoms with E-state index in [1.165, 1.54) is 0 Å². The van der Waals surface area contributed by atoms with E-state index in [2.05, 4.69) is 57.1 Å². The summed E-state index contributed by atoms with van der Waals surface area (Å²) >= 11 is 15.4. The Labute approximate surface area is 423 Å². The number of barbiturate groups is 2. The van der Waals surface area contributed by atoms with Crippen LogP contribution in [0.1, 0.15) is 11.1 Å². The van der Waals surface area contributed by atoms with Gasteiger partial charge >= 0.3 is 12.1 Å². The van der Waals surface area contributed by atoms with E-state index in [9.17, 15) is 28.8 Å². The summed E-state index contributed by atoms with van der Waals surface area (Å²) in [5, 5.41) is 9.83. The monoisotopic (exact) mass is 1060 g/mol. The number of ether oxygens (including phenoxy) is 2. The van der Waals surface area contributed by atoms with E-state index in [4.69, 9.17) is 32.7 Å². The highest BCUT2D eigenvalue weighted by atomic mass is 79.9. The van der Waals surface area contributed by atoms with Crippen molar-refractivity contribution in [1.29, 1.82) is 0 Å². The summed E-state index contributed by atoms with van der Waals surface area (Å²) in [5.74, 6) is 0.655. The van der Waals surface area contributed by atoms with Crippen LogP contribution in [0.15, 0.2) is 133 Å². The number of anilines is 2. The molecule has 0 saturated carbocycles. The molecule has 8 amide bonds. The zero-order valence-electron chi connectivity index (χ0n) is 37.3. The quantitative estimate of drug-likeness (QED) is 0.126. The van der Waals surface area contributed by atoms with Gasteiger partial charge in [0.05, 0.1) is 16.2 Å². The van der Waals surface area contributed by atoms with Crippen molar-refractivity contribution in [3.63, 3.8) is 0 Å². The van der Waals surface area contributed by atoms with Crippen molar-refractivity contribution in [2.24, 2.45) is 0 Å². The molecule has 0 aliphatic carbocycles. The summed E-state index contributed by atoms with van der Waals surface area (Å²) in [4.78, 5) is 101. The van der Waals surface area contributed by atoms with Gasteiger partial charge in [0.1, 0.15) is 28.8 Å². The molecule has 4 fully saturated rings. The molecular formula is C48H41BrCl2N12O8. The molecule has 10 rings (SSSR count). The van der Waals surface area contributed by atoms with Crippen LogP contribution in [0.25, 0.3) is 0 Å². The summed E-state index contributed by atoms with van der Waals surface area (Å²) in [5.41, 5.74) is -2.59. The summed E-state index contributed by atoms with van der Waals surface area (Å²) in [6, 6.07) is 25.6. The Bertz CT molecular complexity index is 2930. The molecule has 2 aromatic heterocycles. The lowest BCUT2D eigenvalue weighted by Gasteiger charge is -2.46. The number of imide groups is 4. The van der Waals surface area contributed by atoms with Gasteiger partial charge in [-0.3, -0.25) is 55.2 Å². The molecule has 362 valence electrons. The highest BCUT2D eigenvalue weighted by molar-refractivity contribution is 9.10. The number of aromatic nitrogens is 4. The average molecular weight is 1060 g/mol. The fourth-order valence-electron chi connectivity index (χ4n) is 8.77. The lowest BCUT2D eigenvalue weighted by molar-refractivity contribution is -0.150. The molecule has 6 aromatic rings. The second-order valence-electron chi connectivity index (χ2n) is 16.2. The number of carbonyl (C=O) groups excluding carboxylic acids is 6. The van der Waals surface area contributed by atoms with Crippen LogP contribution in [0.2, 0.25) is 10.0 Å². The number of nitrogens with zero attached hydrogens (tertiary/aromatic N) is 8. The van der Waals surface area contributed by atoms with Gasteiger partial charge in [-0.25, -0.2) is 24.5 Å². The van der Waals surface area contributed by atoms with Crippen molar-refractivity contribution in [3.05, 3.63) is 154 Å². The Balaban J connectivity index is 0.000000176. The van der Waals surface area contributed by atoms with Crippen molar-refractivity contribution in [1.82, 2.24) is 51.0 Å². The molecular weight excluding hydrogens is 1020 g/mol. The molecule has 6 heterocycles. The molecule has 71 heavy (non-hydrogen) atoms. The molecule has 4 saturated heterocycles. The largest absolute Gasteiger partial charge is 0.457 e. The standard InChI is InChI=1S/C24H21BrN6O4.C24H20Cl2N6O4/c25-17-4-8-19(9-5-17)35-18-6-2-16(3-7-18)24(20(32)28-23(34)29-21(24)33)31-14-12-30(13-15-31)22-26-10-1-11-27-22;25-18-6-5-17(13-19(18)26)36-16-3-1-15(2-4-16)24(21(33)29-23(35)30-22(24)34)32-11-9-31(10-12-32)20-14-27-7-8-28-20/h1-11H,12-15H2,(H2,28,29,32,33,34);1-8,13-14H,9-12H2,(H2,29,30,33,34,35). The molecule has 0 unspecified atom stereocenters. The molecule has 0 spiro atoms. The van der Waals surface area contributed by atoms with Gasteiger partial charge in [-0.1, -0.05) is 63.4 Å². The molecule has 4 aliphatic heterocycles. The second-order valence-corrected chi connectivity index (χ2v) is 18.0. The van der Waals surface area contributed by atoms with E-state index in [-0.39, 0.29) is 0 Å². The molecule has 23 heteroatoms. The first-order valence-electron chi connectivity index (χ1n) is 22.0. The second kappa shape index (κ2) is 20.8. The minimum Gasteiger partial charge on any atom is -0.457 e. The van der Waals surface area contributed by atoms with Crippen molar-refractivity contribution in [3.8, 4) is 23.0 Å². The number of urea groups is 2. The van der Waals surface area contributed by atoms with Crippen LogP contribution in [0.3, 0.4) is 0 Å². The first-order valence-corrected chi connectivity index (χ1v) is 23.5. The van der Waals surface area contributed by atoms with Gasteiger partial charge in [-0.2, -0.15) is 0 Å². The van der Waals surface area contributed by atoms with Gasteiger partial charge in [0.2, 0.25) is 17.0 Å². The Morgan fingerprint density at radius 1 is 0.493 bits per heavy atom. The fourth-order valence-corrected chi connectivity index (χ4v) is 9.32. The van der Waals surface area contributed by atoms with Crippen molar-refractivity contribution in [2.45, 2.75) is 11.1 Å². The zero-order valence-corrected chi connectivity index (χ0v) is 40.4. The summed E-state index contributed by atoms with van der Waals surface area (Å²) in [6.45, 7) is 3.52. The van der Waals surface area contributed by atoms with Crippen LogP contribution in [0.5, 0.6) is 23.0 Å². The predicted octanol–water partition coefficient (Wildman–Crippen LogP) is 5.37. The van der Waals surface area contributed by atoms with Gasteiger partial charge in [0.15, 0.2) is 0 Å². The molecule has 4 N–H and O–H groups in total. The highest BCUT2D eigenvalue weighted by Crippen LogP contribution is 2.37. The number of carbonyl (C=O) groups is 6. The number of amides is 8. The maximum Gasteiger partial charge on any atom is 0.328 e. The average Bonchev–Trinajstić information content (AvgIpc) is 3.38. The number of rotatable bonds is 10. The fraction of sp³-hybridized carbons (Fsp3) is 0.208. The first-order chi connectivity index (χ1) is 34.3. The van der Waals surface area contributed by atoms with Crippen LogP contribution in [0, 0.1) is 0 Å². The summed E-state index contributed by atoms with van der Waals surface area (Å²) in [6.07, 6.45) is 8.20. The number of hydrogen-bond donors (Lipinski definition) is 4. The van der Waals surface area contributed by atoms with E-state index < -0.39 is 46.8 Å². The number of piperazine rings is 2. The Kier molecular flexibility index (Phi) is 14.2. The van der Waals surface area contributed by atoms with Crippen molar-refractivity contribution in [2.75, 3.05) is 62.2 Å². The van der Waals surface area contributed by atoms with Crippen LogP contribution in [-0.2, 0) is 30.3 Å². The van der Waals surface area contributed by atoms with Gasteiger partial charge < -0.3 is 19.3 Å². The third-order valence-electron chi connectivity index (χ3n) is 12.2. The van der Waals surface area contributed by atoms with Crippen molar-refractivity contribution >= 4 is 86.6 Å². The minimum absolute atomic E-state index is 0.352. The Hall–Kier alpha value is -7.56. The Morgan fingerprint density at radius 3 is 1.38 bits per heavy atom. The normalized spacial score (nSPS) is 18.0. The Morgan fingerprint density at radius 2 is 0.930 bits per heavy atom. The minimum atomic E-state index is -1.73. The number of halogens is 3. The topological polar surface area (TPSA) is 234 Å². The molecule has 4 aromatic carbocycles. The predicted molar refractivity (Wildman–Crippen MR) is 262 cm³/mol. The zero-order chi connectivity index (χ0) is 49.7. The molecule has 0 radical (unpaired) electrons. The SMILES string of the molecule is O=C1NC(=O)C(c2ccc(Oc3ccc(Br)cc3)cc2)(N2CCN(c3ncccn3)CC2)C(=O)N1.O=C1NC(=O)C(c2ccc(Oc3ccc(Cl)c(Cl)c3)cc2)(N2CCN(c3cnccn3)CC2)C(=O)N1. The molecule has 4 aliphatic rings. The molecule has 20 nitrogen and oxygen atoms in total. The number of hydrogen-bond acceptors (Lipinski definition) is 16. The van der Waals surface area contributed by atoms with E-state index in [0.717, 1.165) is 4.47 Å². The van der Waals surface area contributed by atoms with E-state index in [1.807, 2.05) is 34.1 Å². The van der Waals surface area contributed by atoms with Crippen LogP contribution in [0.4, 0.5) is 21.4 Å². The summed E-state index contributed by atoms with van der Waals surface area (Å²) in [7, 11) is 0. The molecule has 0 bridgehead atoms. The first kappa shape index (κ1) is 48.5. The number of benzene rings is 4. The van der Waals surface area contributed by atoms with Gasteiger partial charge in [0.25, 0.3) is 23.6 Å². The molecule has 0 atom stereocenters. The third kappa shape index (κ3) is 9.95. The van der Waals surface area contributed by atoms with Gasteiger partial charge in [-0.15, -0.1) is 0 Å². The van der Waals surface area contributed by atoms with Crippen LogP contribution >= 0.6 is 39.1 Å². The maximum atomic E-state index is 13.3. The number of nitrogens with one attached hydrogen (secondary N) is 4. The smallest absolute Gasteiger partial charge is 0.328 e. The summed E-state index contributed by atoms with van der Waals surface area (Å²) < 4.78 is 12.7. The van der Waals surface area contributed by atoms with E-state index in [0.29, 0.717) is 108 Å². The lowest BCUT2D eigenvalue weighted by atomic mass is 9.84. The van der Waals surface area contributed by atoms with E-state index >= 15 is 0 Å².